The summed E-state index contributed by atoms with van der Waals surface area (Å²) in [5.41, 5.74) is 0. The van der Waals surface area contributed by atoms with Gasteiger partial charge in [0.25, 0.3) is 0 Å². The molecule has 1 nitrogen and oxygen atoms in total. The third-order valence-corrected chi connectivity index (χ3v) is 7.46. The maximum absolute atomic E-state index is 2.48. The lowest BCUT2D eigenvalue weighted by Gasteiger charge is -2.24. The minimum absolute atomic E-state index is 0.784. The predicted molar refractivity (Wildman–Crippen MR) is 172 cm³/mol. The molecule has 0 rings (SSSR count). The lowest BCUT2D eigenvalue weighted by atomic mass is 9.99. The van der Waals surface area contributed by atoms with Crippen LogP contribution in [-0.2, 0) is 0 Å². The van der Waals surface area contributed by atoms with E-state index in [4.69, 9.17) is 0 Å². The molecule has 37 heavy (non-hydrogen) atoms. The summed E-state index contributed by atoms with van der Waals surface area (Å²) < 4.78 is 0. The van der Waals surface area contributed by atoms with E-state index in [1.165, 1.54) is 135 Å². The fourth-order valence-electron chi connectivity index (χ4n) is 4.85. The summed E-state index contributed by atoms with van der Waals surface area (Å²) in [5, 5.41) is 0. The molecule has 0 aliphatic rings. The topological polar surface area (TPSA) is 3.24 Å². The van der Waals surface area contributed by atoms with Gasteiger partial charge in [-0.25, -0.2) is 0 Å². The maximum Gasteiger partial charge on any atom is 0.00891 e. The van der Waals surface area contributed by atoms with Gasteiger partial charge in [-0.05, 0) is 84.7 Å². The molecule has 0 spiro atoms. The van der Waals surface area contributed by atoms with Crippen LogP contribution in [0, 0.1) is 0 Å². The highest BCUT2D eigenvalue weighted by Crippen LogP contribution is 2.17. The second-order valence-electron chi connectivity index (χ2n) is 11.3. The van der Waals surface area contributed by atoms with Crippen molar-refractivity contribution in [3.8, 4) is 0 Å². The molecule has 0 aliphatic heterocycles. The first-order valence-electron chi connectivity index (χ1n) is 16.5. The average molecular weight is 514 g/mol. The molecule has 0 N–H and O–H groups in total. The monoisotopic (exact) mass is 514 g/mol. The van der Waals surface area contributed by atoms with Crippen molar-refractivity contribution in [3.63, 3.8) is 0 Å². The Kier molecular flexibility index (Phi) is 30.2. The largest absolute Gasteiger partial charge is 0.306 e. The fourth-order valence-corrected chi connectivity index (χ4v) is 4.85. The summed E-state index contributed by atoms with van der Waals surface area (Å²) >= 11 is 0. The van der Waals surface area contributed by atoms with Crippen LogP contribution in [0.25, 0.3) is 0 Å². The standard InChI is InChI=1S/C36H67N/c1-5-7-9-11-13-15-17-19-21-23-25-27-29-31-33-35-36(37(3)4)34-32-30-28-26-24-22-20-18-16-14-12-10-8-6-2/h12-15,18-21,36H,5-11,16-17,22-35H2,1-4H3/b14-12-,15-13-,20-18-,21-19-. The van der Waals surface area contributed by atoms with Crippen molar-refractivity contribution < 1.29 is 0 Å². The summed E-state index contributed by atoms with van der Waals surface area (Å²) in [6.07, 6.45) is 49.5. The molecule has 0 amide bonds. The first-order chi connectivity index (χ1) is 18.2. The minimum Gasteiger partial charge on any atom is -0.306 e. The normalized spacial score (nSPS) is 13.4. The van der Waals surface area contributed by atoms with E-state index in [2.05, 4.69) is 81.5 Å². The Labute approximate surface area is 235 Å². The molecule has 0 saturated carbocycles. The first kappa shape index (κ1) is 35.9. The van der Waals surface area contributed by atoms with Gasteiger partial charge in [0.1, 0.15) is 0 Å². The lowest BCUT2D eigenvalue weighted by Crippen LogP contribution is -2.27. The summed E-state index contributed by atoms with van der Waals surface area (Å²) in [4.78, 5) is 2.48. The number of rotatable bonds is 28. The minimum atomic E-state index is 0.784. The van der Waals surface area contributed by atoms with Crippen molar-refractivity contribution in [2.24, 2.45) is 0 Å². The molecule has 0 aromatic heterocycles. The third-order valence-electron chi connectivity index (χ3n) is 7.46. The van der Waals surface area contributed by atoms with Crippen LogP contribution in [0.1, 0.15) is 162 Å². The molecule has 0 heterocycles. The second kappa shape index (κ2) is 31.1. The van der Waals surface area contributed by atoms with E-state index in [9.17, 15) is 0 Å². The zero-order valence-electron chi connectivity index (χ0n) is 25.9. The number of unbranched alkanes of at least 4 members (excludes halogenated alkanes) is 15. The zero-order chi connectivity index (χ0) is 27.1. The van der Waals surface area contributed by atoms with Crippen LogP contribution < -0.4 is 0 Å². The van der Waals surface area contributed by atoms with Gasteiger partial charge in [-0.15, -0.1) is 0 Å². The molecule has 0 bridgehead atoms. The van der Waals surface area contributed by atoms with E-state index >= 15 is 0 Å². The molecule has 0 aromatic carbocycles. The highest BCUT2D eigenvalue weighted by atomic mass is 15.1. The van der Waals surface area contributed by atoms with Gasteiger partial charge in [-0.2, -0.15) is 0 Å². The van der Waals surface area contributed by atoms with E-state index < -0.39 is 0 Å². The van der Waals surface area contributed by atoms with Gasteiger partial charge in [0.2, 0.25) is 0 Å². The van der Waals surface area contributed by atoms with Gasteiger partial charge in [0.15, 0.2) is 0 Å². The summed E-state index contributed by atoms with van der Waals surface area (Å²) in [6, 6.07) is 0.784. The molecule has 0 saturated heterocycles. The van der Waals surface area contributed by atoms with Gasteiger partial charge in [0, 0.05) is 6.04 Å². The van der Waals surface area contributed by atoms with Crippen molar-refractivity contribution >= 4 is 0 Å². The summed E-state index contributed by atoms with van der Waals surface area (Å²) in [6.45, 7) is 4.53. The van der Waals surface area contributed by atoms with Crippen molar-refractivity contribution in [2.45, 2.75) is 168 Å². The van der Waals surface area contributed by atoms with E-state index in [-0.39, 0.29) is 0 Å². The zero-order valence-corrected chi connectivity index (χ0v) is 25.9. The third kappa shape index (κ3) is 29.3. The highest BCUT2D eigenvalue weighted by Gasteiger charge is 2.10. The number of nitrogens with zero attached hydrogens (tertiary/aromatic N) is 1. The molecule has 1 unspecified atom stereocenters. The first-order valence-corrected chi connectivity index (χ1v) is 16.5. The Morgan fingerprint density at radius 2 is 0.757 bits per heavy atom. The second-order valence-corrected chi connectivity index (χ2v) is 11.3. The molecule has 1 heteroatoms. The van der Waals surface area contributed by atoms with Crippen LogP contribution in [0.15, 0.2) is 48.6 Å². The van der Waals surface area contributed by atoms with Gasteiger partial charge in [-0.1, -0.05) is 140 Å². The Morgan fingerprint density at radius 3 is 1.16 bits per heavy atom. The summed E-state index contributed by atoms with van der Waals surface area (Å²) in [5.74, 6) is 0. The number of hydrogen-bond acceptors (Lipinski definition) is 1. The molecular weight excluding hydrogens is 446 g/mol. The molecule has 0 aromatic rings. The van der Waals surface area contributed by atoms with Crippen LogP contribution in [0.5, 0.6) is 0 Å². The van der Waals surface area contributed by atoms with Gasteiger partial charge < -0.3 is 4.90 Å². The Morgan fingerprint density at radius 1 is 0.405 bits per heavy atom. The smallest absolute Gasteiger partial charge is 0.00891 e. The van der Waals surface area contributed by atoms with Gasteiger partial charge in [0.05, 0.1) is 0 Å². The molecule has 0 fully saturated rings. The Balaban J connectivity index is 3.56. The average Bonchev–Trinajstić information content (AvgIpc) is 2.89. The van der Waals surface area contributed by atoms with Crippen molar-refractivity contribution in [1.82, 2.24) is 4.90 Å². The lowest BCUT2D eigenvalue weighted by molar-refractivity contribution is 0.251. The Hall–Kier alpha value is -1.08. The van der Waals surface area contributed by atoms with Crippen LogP contribution >= 0.6 is 0 Å². The number of allylic oxidation sites excluding steroid dienone is 8. The van der Waals surface area contributed by atoms with Crippen LogP contribution in [0.3, 0.4) is 0 Å². The van der Waals surface area contributed by atoms with Crippen molar-refractivity contribution in [3.05, 3.63) is 48.6 Å². The van der Waals surface area contributed by atoms with E-state index in [0.717, 1.165) is 18.9 Å². The SMILES string of the molecule is CCCC/C=C\C/C=C\CCCCCCCC(CCCCCCC/C=C\C/C=C\CCCCC)N(C)C. The van der Waals surface area contributed by atoms with Crippen LogP contribution in [0.4, 0.5) is 0 Å². The Bertz CT molecular complexity index is 539. The van der Waals surface area contributed by atoms with Crippen molar-refractivity contribution in [1.29, 1.82) is 0 Å². The van der Waals surface area contributed by atoms with E-state index in [0.29, 0.717) is 0 Å². The van der Waals surface area contributed by atoms with E-state index in [1.54, 1.807) is 0 Å². The van der Waals surface area contributed by atoms with Gasteiger partial charge >= 0.3 is 0 Å². The molecule has 0 radical (unpaired) electrons. The molecule has 1 atom stereocenters. The molecule has 216 valence electrons. The number of hydrogen-bond donors (Lipinski definition) is 0. The van der Waals surface area contributed by atoms with Crippen molar-refractivity contribution in [2.75, 3.05) is 14.1 Å². The summed E-state index contributed by atoms with van der Waals surface area (Å²) in [7, 11) is 4.56. The highest BCUT2D eigenvalue weighted by molar-refractivity contribution is 4.93. The van der Waals surface area contributed by atoms with Crippen LogP contribution in [0.2, 0.25) is 0 Å². The molecular formula is C36H67N. The van der Waals surface area contributed by atoms with Crippen LogP contribution in [-0.4, -0.2) is 25.0 Å². The fraction of sp³-hybridized carbons (Fsp3) is 0.778. The van der Waals surface area contributed by atoms with Gasteiger partial charge in [-0.3, -0.25) is 0 Å². The maximum atomic E-state index is 2.48. The predicted octanol–water partition coefficient (Wildman–Crippen LogP) is 12.2. The van der Waals surface area contributed by atoms with E-state index in [1.807, 2.05) is 0 Å². The quantitative estimate of drug-likeness (QED) is 0.0742. The molecule has 0 aliphatic carbocycles.